The molecule has 0 amide bonds. The van der Waals surface area contributed by atoms with Gasteiger partial charge in [0, 0.05) is 31.5 Å². The van der Waals surface area contributed by atoms with Crippen LogP contribution in [0, 0.1) is 0 Å². The topological polar surface area (TPSA) is 82.9 Å². The largest absolute Gasteiger partial charge is 0.494 e. The van der Waals surface area contributed by atoms with Crippen LogP contribution in [0.5, 0.6) is 17.2 Å². The van der Waals surface area contributed by atoms with E-state index >= 15 is 0 Å². The number of nitrogens with zero attached hydrogens (tertiary/aromatic N) is 3. The Morgan fingerprint density at radius 2 is 1.71 bits per heavy atom. The minimum atomic E-state index is -3.69. The molecule has 3 rings (SSSR count). The lowest BCUT2D eigenvalue weighted by molar-refractivity contribution is 0.264. The van der Waals surface area contributed by atoms with Crippen molar-refractivity contribution >= 4 is 9.84 Å². The summed E-state index contributed by atoms with van der Waals surface area (Å²) < 4.78 is 44.0. The molecule has 190 valence electrons. The molecule has 0 saturated carbocycles. The first-order valence-corrected chi connectivity index (χ1v) is 13.1. The van der Waals surface area contributed by atoms with Crippen LogP contribution in [-0.2, 0) is 16.3 Å². The summed E-state index contributed by atoms with van der Waals surface area (Å²) in [6, 6.07) is 12.5. The zero-order valence-electron chi connectivity index (χ0n) is 21.1. The van der Waals surface area contributed by atoms with Crippen molar-refractivity contribution < 1.29 is 22.6 Å². The summed E-state index contributed by atoms with van der Waals surface area (Å²) >= 11 is 0. The Morgan fingerprint density at radius 1 is 1.00 bits per heavy atom. The summed E-state index contributed by atoms with van der Waals surface area (Å²) in [6.45, 7) is 6.19. The Bertz CT molecular complexity index is 1190. The molecular weight excluding hydrogens is 466 g/mol. The molecule has 0 atom stereocenters. The summed E-state index contributed by atoms with van der Waals surface area (Å²) in [6.07, 6.45) is 4.95. The number of hydrogen-bond acceptors (Lipinski definition) is 7. The van der Waals surface area contributed by atoms with Crippen LogP contribution in [0.3, 0.4) is 0 Å². The van der Waals surface area contributed by atoms with Crippen molar-refractivity contribution in [2.75, 3.05) is 41.0 Å². The molecule has 35 heavy (non-hydrogen) atoms. The fraction of sp³-hybridized carbons (Fsp3) is 0.423. The Balaban J connectivity index is 1.45. The van der Waals surface area contributed by atoms with E-state index in [1.54, 1.807) is 49.2 Å². The zero-order valence-corrected chi connectivity index (χ0v) is 21.9. The van der Waals surface area contributed by atoms with E-state index in [0.717, 1.165) is 37.4 Å². The summed E-state index contributed by atoms with van der Waals surface area (Å²) in [5.41, 5.74) is 1.19. The smallest absolute Gasteiger partial charge is 0.240 e. The highest BCUT2D eigenvalue weighted by atomic mass is 32.2. The van der Waals surface area contributed by atoms with Crippen LogP contribution < -0.4 is 14.2 Å². The van der Waals surface area contributed by atoms with Crippen molar-refractivity contribution in [3.63, 3.8) is 0 Å². The van der Waals surface area contributed by atoms with Crippen LogP contribution in [0.1, 0.15) is 31.9 Å². The molecule has 0 saturated heterocycles. The summed E-state index contributed by atoms with van der Waals surface area (Å²) in [5, 5.41) is 0.0530. The second kappa shape index (κ2) is 12.1. The number of sulfone groups is 1. The minimum Gasteiger partial charge on any atom is -0.494 e. The lowest BCUT2D eigenvalue weighted by Gasteiger charge is -2.17. The van der Waals surface area contributed by atoms with Gasteiger partial charge in [-0.1, -0.05) is 6.07 Å². The Morgan fingerprint density at radius 3 is 2.37 bits per heavy atom. The molecule has 0 aliphatic rings. The lowest BCUT2D eigenvalue weighted by atomic mass is 10.1. The molecule has 0 spiro atoms. The lowest BCUT2D eigenvalue weighted by Crippen LogP contribution is -2.23. The van der Waals surface area contributed by atoms with Crippen molar-refractivity contribution in [1.82, 2.24) is 14.5 Å². The van der Waals surface area contributed by atoms with Gasteiger partial charge in [0.2, 0.25) is 15.0 Å². The number of benzene rings is 2. The van der Waals surface area contributed by atoms with Gasteiger partial charge in [-0.15, -0.1) is 0 Å². The molecule has 0 bridgehead atoms. The molecule has 2 aromatic carbocycles. The van der Waals surface area contributed by atoms with Gasteiger partial charge in [0.15, 0.2) is 11.5 Å². The maximum Gasteiger partial charge on any atom is 0.240 e. The van der Waals surface area contributed by atoms with E-state index in [-0.39, 0.29) is 16.1 Å². The highest BCUT2D eigenvalue weighted by Crippen LogP contribution is 2.28. The number of aromatic nitrogens is 2. The number of methoxy groups -OCH3 is 2. The van der Waals surface area contributed by atoms with Gasteiger partial charge in [0.1, 0.15) is 5.75 Å². The molecule has 0 unspecified atom stereocenters. The van der Waals surface area contributed by atoms with Crippen LogP contribution in [0.2, 0.25) is 0 Å². The van der Waals surface area contributed by atoms with Crippen LogP contribution in [0.4, 0.5) is 0 Å². The van der Waals surface area contributed by atoms with E-state index < -0.39 is 9.84 Å². The Kier molecular flexibility index (Phi) is 9.17. The molecule has 1 heterocycles. The molecule has 0 fully saturated rings. The van der Waals surface area contributed by atoms with E-state index in [9.17, 15) is 8.42 Å². The predicted octanol–water partition coefficient (Wildman–Crippen LogP) is 4.26. The van der Waals surface area contributed by atoms with Crippen molar-refractivity contribution in [1.29, 1.82) is 0 Å². The molecule has 0 N–H and O–H groups in total. The Hall–Kier alpha value is -3.04. The molecular formula is C26H35N3O5S. The number of rotatable bonds is 13. The van der Waals surface area contributed by atoms with E-state index in [1.165, 1.54) is 11.8 Å². The molecule has 0 radical (unpaired) electrons. The van der Waals surface area contributed by atoms with Gasteiger partial charge in [-0.3, -0.25) is 0 Å². The molecule has 0 aliphatic carbocycles. The summed E-state index contributed by atoms with van der Waals surface area (Å²) in [5.74, 6) is 2.11. The monoisotopic (exact) mass is 501 g/mol. The second-order valence-electron chi connectivity index (χ2n) is 8.63. The van der Waals surface area contributed by atoms with Gasteiger partial charge < -0.3 is 23.7 Å². The fourth-order valence-corrected chi connectivity index (χ4v) is 5.17. The van der Waals surface area contributed by atoms with Crippen molar-refractivity contribution in [2.24, 2.45) is 0 Å². The van der Waals surface area contributed by atoms with E-state index in [4.69, 9.17) is 14.2 Å². The number of imidazole rings is 1. The SMILES string of the molecule is COc1ccc(CCN(C)CCCOc2ccc(S(=O)(=O)c3nccn3C(C)C)cc2)cc1OC. The zero-order chi connectivity index (χ0) is 25.4. The average Bonchev–Trinajstić information content (AvgIpc) is 3.37. The fourth-order valence-electron chi connectivity index (χ4n) is 3.71. The molecule has 1 aromatic heterocycles. The van der Waals surface area contributed by atoms with Gasteiger partial charge in [0.25, 0.3) is 0 Å². The maximum atomic E-state index is 13.0. The van der Waals surface area contributed by atoms with Crippen LogP contribution in [0.25, 0.3) is 0 Å². The first-order valence-electron chi connectivity index (χ1n) is 11.7. The van der Waals surface area contributed by atoms with Crippen molar-refractivity contribution in [3.05, 3.63) is 60.4 Å². The van der Waals surface area contributed by atoms with Gasteiger partial charge in [0.05, 0.1) is 25.7 Å². The van der Waals surface area contributed by atoms with E-state index in [2.05, 4.69) is 23.0 Å². The second-order valence-corrected chi connectivity index (χ2v) is 10.5. The predicted molar refractivity (Wildman–Crippen MR) is 135 cm³/mol. The first kappa shape index (κ1) is 26.6. The Labute approximate surface area is 208 Å². The molecule has 0 aliphatic heterocycles. The third kappa shape index (κ3) is 6.76. The highest BCUT2D eigenvalue weighted by Gasteiger charge is 2.24. The summed E-state index contributed by atoms with van der Waals surface area (Å²) in [4.78, 5) is 6.52. The van der Waals surface area contributed by atoms with E-state index in [1.807, 2.05) is 26.0 Å². The normalized spacial score (nSPS) is 11.7. The number of ether oxygens (including phenoxy) is 3. The number of likely N-dealkylation sites (N-methyl/N-ethyl adjacent to an activating group) is 1. The van der Waals surface area contributed by atoms with Crippen LogP contribution >= 0.6 is 0 Å². The minimum absolute atomic E-state index is 0.00190. The molecule has 8 nitrogen and oxygen atoms in total. The van der Waals surface area contributed by atoms with Gasteiger partial charge in [-0.25, -0.2) is 13.4 Å². The van der Waals surface area contributed by atoms with E-state index in [0.29, 0.717) is 12.4 Å². The van der Waals surface area contributed by atoms with Gasteiger partial charge in [-0.05, 0) is 75.7 Å². The molecule has 3 aromatic rings. The van der Waals surface area contributed by atoms with Crippen molar-refractivity contribution in [2.45, 2.75) is 42.8 Å². The number of hydrogen-bond donors (Lipinski definition) is 0. The molecule has 9 heteroatoms. The quantitative estimate of drug-likeness (QED) is 0.324. The van der Waals surface area contributed by atoms with Crippen LogP contribution in [0.15, 0.2) is 64.9 Å². The maximum absolute atomic E-state index is 13.0. The average molecular weight is 502 g/mol. The van der Waals surface area contributed by atoms with Gasteiger partial charge in [-0.2, -0.15) is 0 Å². The third-order valence-electron chi connectivity index (χ3n) is 5.75. The van der Waals surface area contributed by atoms with Crippen molar-refractivity contribution in [3.8, 4) is 17.2 Å². The summed E-state index contributed by atoms with van der Waals surface area (Å²) in [7, 11) is 1.67. The van der Waals surface area contributed by atoms with Crippen LogP contribution in [-0.4, -0.2) is 63.8 Å². The third-order valence-corrected chi connectivity index (χ3v) is 7.44. The standard InChI is InChI=1S/C26H35N3O5S/c1-20(2)29-17-14-27-26(29)35(30,31)23-10-8-22(9-11-23)34-18-6-15-28(3)16-13-21-7-12-24(32-4)25(19-21)33-5/h7-12,14,17,19-20H,6,13,15-16,18H2,1-5H3. The highest BCUT2D eigenvalue weighted by molar-refractivity contribution is 7.91. The first-order chi connectivity index (χ1) is 16.8. The van der Waals surface area contributed by atoms with Gasteiger partial charge >= 0.3 is 0 Å².